The molecule has 0 aliphatic carbocycles. The number of imidazole rings is 1. The summed E-state index contributed by atoms with van der Waals surface area (Å²) < 4.78 is 37.8. The third kappa shape index (κ3) is 4.98. The molecule has 6 heteroatoms. The summed E-state index contributed by atoms with van der Waals surface area (Å²) >= 11 is 0. The lowest BCUT2D eigenvalue weighted by Crippen LogP contribution is -2.11. The van der Waals surface area contributed by atoms with Crippen LogP contribution >= 0.6 is 0 Å². The second kappa shape index (κ2) is 6.11. The maximum absolute atomic E-state index is 11.9. The molecule has 1 heterocycles. The van der Waals surface area contributed by atoms with E-state index >= 15 is 0 Å². The second-order valence-electron chi connectivity index (χ2n) is 4.71. The van der Waals surface area contributed by atoms with Gasteiger partial charge in [0.25, 0.3) is 0 Å². The first-order valence-electron chi connectivity index (χ1n) is 6.15. The highest BCUT2D eigenvalue weighted by molar-refractivity contribution is 5.29. The molecule has 1 aromatic rings. The van der Waals surface area contributed by atoms with Crippen molar-refractivity contribution in [2.75, 3.05) is 11.9 Å². The van der Waals surface area contributed by atoms with Crippen LogP contribution in [0.1, 0.15) is 44.8 Å². The van der Waals surface area contributed by atoms with Crippen molar-refractivity contribution in [3.63, 3.8) is 0 Å². The van der Waals surface area contributed by atoms with Gasteiger partial charge in [0, 0.05) is 25.2 Å². The molecule has 0 spiro atoms. The second-order valence-corrected chi connectivity index (χ2v) is 4.71. The predicted molar refractivity (Wildman–Crippen MR) is 65.7 cm³/mol. The Hall–Kier alpha value is -1.20. The van der Waals surface area contributed by atoms with Crippen molar-refractivity contribution in [2.45, 2.75) is 52.3 Å². The maximum atomic E-state index is 11.9. The van der Waals surface area contributed by atoms with Crippen molar-refractivity contribution in [1.29, 1.82) is 0 Å². The van der Waals surface area contributed by atoms with E-state index in [0.29, 0.717) is 13.0 Å². The molecule has 0 bridgehead atoms. The number of alkyl halides is 3. The average molecular weight is 263 g/mol. The molecular formula is C12H20F3N3. The number of rotatable bonds is 6. The Bertz CT molecular complexity index is 369. The van der Waals surface area contributed by atoms with Gasteiger partial charge in [-0.3, -0.25) is 0 Å². The van der Waals surface area contributed by atoms with Gasteiger partial charge >= 0.3 is 6.18 Å². The van der Waals surface area contributed by atoms with Crippen molar-refractivity contribution in [3.8, 4) is 0 Å². The molecule has 0 amide bonds. The first-order valence-corrected chi connectivity index (χ1v) is 6.15. The number of nitrogens with one attached hydrogen (secondary N) is 1. The number of nitrogens with zero attached hydrogens (tertiary/aromatic N) is 2. The highest BCUT2D eigenvalue weighted by atomic mass is 19.4. The Morgan fingerprint density at radius 2 is 2.00 bits per heavy atom. The van der Waals surface area contributed by atoms with Gasteiger partial charge in [0.1, 0.15) is 0 Å². The van der Waals surface area contributed by atoms with E-state index < -0.39 is 12.6 Å². The maximum Gasteiger partial charge on any atom is 0.389 e. The zero-order valence-electron chi connectivity index (χ0n) is 11.0. The van der Waals surface area contributed by atoms with Crippen LogP contribution in [0.15, 0.2) is 6.20 Å². The fourth-order valence-electron chi connectivity index (χ4n) is 1.69. The van der Waals surface area contributed by atoms with Crippen LogP contribution in [0.3, 0.4) is 0 Å². The molecule has 0 aromatic carbocycles. The molecule has 1 aromatic heterocycles. The Kier molecular flexibility index (Phi) is 5.04. The van der Waals surface area contributed by atoms with Gasteiger partial charge in [0.2, 0.25) is 5.95 Å². The van der Waals surface area contributed by atoms with Crippen LogP contribution < -0.4 is 5.32 Å². The molecule has 0 unspecified atom stereocenters. The fraction of sp³-hybridized carbons (Fsp3) is 0.750. The summed E-state index contributed by atoms with van der Waals surface area (Å²) in [5.74, 6) is 0.731. The molecule has 0 atom stereocenters. The Labute approximate surface area is 105 Å². The number of hydrogen-bond acceptors (Lipinski definition) is 2. The molecule has 1 rings (SSSR count). The van der Waals surface area contributed by atoms with Gasteiger partial charge < -0.3 is 9.88 Å². The first kappa shape index (κ1) is 14.9. The summed E-state index contributed by atoms with van der Waals surface area (Å²) in [6.07, 6.45) is -2.19. The normalized spacial score (nSPS) is 12.2. The van der Waals surface area contributed by atoms with E-state index in [0.717, 1.165) is 11.6 Å². The topological polar surface area (TPSA) is 29.9 Å². The van der Waals surface area contributed by atoms with Gasteiger partial charge in [0.05, 0.1) is 5.69 Å². The first-order chi connectivity index (χ1) is 8.29. The van der Waals surface area contributed by atoms with Crippen molar-refractivity contribution in [1.82, 2.24) is 9.55 Å². The third-order valence-corrected chi connectivity index (χ3v) is 2.58. The number of anilines is 1. The van der Waals surface area contributed by atoms with E-state index in [-0.39, 0.29) is 12.5 Å². The van der Waals surface area contributed by atoms with Gasteiger partial charge in [-0.15, -0.1) is 0 Å². The molecule has 0 saturated heterocycles. The van der Waals surface area contributed by atoms with Gasteiger partial charge in [0.15, 0.2) is 0 Å². The van der Waals surface area contributed by atoms with Crippen molar-refractivity contribution in [3.05, 3.63) is 11.9 Å². The summed E-state index contributed by atoms with van der Waals surface area (Å²) in [6, 6.07) is 0.281. The van der Waals surface area contributed by atoms with E-state index in [9.17, 15) is 13.2 Å². The zero-order chi connectivity index (χ0) is 13.8. The highest BCUT2D eigenvalue weighted by Crippen LogP contribution is 2.22. The number of unbranched alkanes of at least 4 members (excludes halogenated alkanes) is 1. The van der Waals surface area contributed by atoms with Crippen LogP contribution in [0.25, 0.3) is 0 Å². The predicted octanol–water partition coefficient (Wildman–Crippen LogP) is 3.92. The molecule has 104 valence electrons. The average Bonchev–Trinajstić information content (AvgIpc) is 2.57. The lowest BCUT2D eigenvalue weighted by Gasteiger charge is -2.12. The largest absolute Gasteiger partial charge is 0.389 e. The minimum atomic E-state index is -4.05. The lowest BCUT2D eigenvalue weighted by molar-refractivity contribution is -0.135. The van der Waals surface area contributed by atoms with Crippen molar-refractivity contribution < 1.29 is 13.2 Å². The molecule has 0 fully saturated rings. The summed E-state index contributed by atoms with van der Waals surface area (Å²) in [5.41, 5.74) is 0.904. The van der Waals surface area contributed by atoms with E-state index in [4.69, 9.17) is 0 Å². The number of halogens is 3. The van der Waals surface area contributed by atoms with Crippen LogP contribution in [-0.2, 0) is 0 Å². The van der Waals surface area contributed by atoms with Gasteiger partial charge in [-0.2, -0.15) is 13.2 Å². The van der Waals surface area contributed by atoms with Gasteiger partial charge in [-0.05, 0) is 33.6 Å². The molecule has 0 aliphatic rings. The molecule has 3 nitrogen and oxygen atoms in total. The van der Waals surface area contributed by atoms with Crippen LogP contribution in [0.2, 0.25) is 0 Å². The molecule has 0 radical (unpaired) electrons. The third-order valence-electron chi connectivity index (χ3n) is 2.58. The van der Waals surface area contributed by atoms with Crippen molar-refractivity contribution in [2.24, 2.45) is 0 Å². The summed E-state index contributed by atoms with van der Waals surface area (Å²) in [7, 11) is 0. The Morgan fingerprint density at radius 1 is 1.33 bits per heavy atom. The van der Waals surface area contributed by atoms with Crippen LogP contribution in [0.5, 0.6) is 0 Å². The SMILES string of the molecule is Cc1cn(C(C)C)c(NCCCCC(F)(F)F)n1. The van der Waals surface area contributed by atoms with Crippen LogP contribution in [0.4, 0.5) is 19.1 Å². The fourth-order valence-corrected chi connectivity index (χ4v) is 1.69. The summed E-state index contributed by atoms with van der Waals surface area (Å²) in [6.45, 7) is 6.48. The highest BCUT2D eigenvalue weighted by Gasteiger charge is 2.25. The zero-order valence-corrected chi connectivity index (χ0v) is 11.0. The standard InChI is InChI=1S/C12H20F3N3/c1-9(2)18-8-10(3)17-11(18)16-7-5-4-6-12(13,14)15/h8-9H,4-7H2,1-3H3,(H,16,17). The molecule has 1 N–H and O–H groups in total. The van der Waals surface area contributed by atoms with Crippen LogP contribution in [-0.4, -0.2) is 22.3 Å². The van der Waals surface area contributed by atoms with Gasteiger partial charge in [-0.25, -0.2) is 4.98 Å². The summed E-state index contributed by atoms with van der Waals surface area (Å²) in [4.78, 5) is 4.31. The molecule has 0 aliphatic heterocycles. The molecular weight excluding hydrogens is 243 g/mol. The van der Waals surface area contributed by atoms with Gasteiger partial charge in [-0.1, -0.05) is 0 Å². The van der Waals surface area contributed by atoms with Crippen LogP contribution in [0, 0.1) is 6.92 Å². The van der Waals surface area contributed by atoms with E-state index in [1.807, 2.05) is 31.5 Å². The Balaban J connectivity index is 2.35. The quantitative estimate of drug-likeness (QED) is 0.788. The minimum Gasteiger partial charge on any atom is -0.356 e. The lowest BCUT2D eigenvalue weighted by atomic mass is 10.2. The number of aromatic nitrogens is 2. The number of aryl methyl sites for hydroxylation is 1. The van der Waals surface area contributed by atoms with E-state index in [1.54, 1.807) is 0 Å². The smallest absolute Gasteiger partial charge is 0.356 e. The number of hydrogen-bond donors (Lipinski definition) is 1. The molecule has 0 saturated carbocycles. The van der Waals surface area contributed by atoms with Crippen molar-refractivity contribution >= 4 is 5.95 Å². The summed E-state index contributed by atoms with van der Waals surface area (Å²) in [5, 5.41) is 3.09. The van der Waals surface area contributed by atoms with E-state index in [1.165, 1.54) is 0 Å². The monoisotopic (exact) mass is 263 g/mol. The van der Waals surface area contributed by atoms with E-state index in [2.05, 4.69) is 10.3 Å². The minimum absolute atomic E-state index is 0.151. The Morgan fingerprint density at radius 3 is 2.56 bits per heavy atom. The molecule has 18 heavy (non-hydrogen) atoms.